The number of amides is 1. The van der Waals surface area contributed by atoms with Crippen molar-refractivity contribution in [1.29, 1.82) is 0 Å². The van der Waals surface area contributed by atoms with Gasteiger partial charge in [-0.3, -0.25) is 9.63 Å². The number of carbonyl (C=O) groups excluding carboxylic acids is 1. The summed E-state index contributed by atoms with van der Waals surface area (Å²) in [6.45, 7) is 1.56. The van der Waals surface area contributed by atoms with E-state index in [4.69, 9.17) is 9.98 Å². The predicted molar refractivity (Wildman–Crippen MR) is 111 cm³/mol. The highest BCUT2D eigenvalue weighted by molar-refractivity contribution is 7.92. The topological polar surface area (TPSA) is 136 Å². The first-order chi connectivity index (χ1) is 14.2. The molecule has 0 radical (unpaired) electrons. The van der Waals surface area contributed by atoms with Crippen LogP contribution >= 0.6 is 0 Å². The molecule has 0 aliphatic rings. The number of nitrogens with zero attached hydrogens (tertiary/aromatic N) is 1. The van der Waals surface area contributed by atoms with Gasteiger partial charge in [-0.25, -0.2) is 22.0 Å². The average Bonchev–Trinajstić information content (AvgIpc) is 2.71. The van der Waals surface area contributed by atoms with Gasteiger partial charge in [0.15, 0.2) is 0 Å². The monoisotopic (exact) mass is 455 g/mol. The summed E-state index contributed by atoms with van der Waals surface area (Å²) in [5, 5.41) is 7.78. The molecule has 2 aromatic carbocycles. The van der Waals surface area contributed by atoms with Gasteiger partial charge in [-0.2, -0.15) is 0 Å². The summed E-state index contributed by atoms with van der Waals surface area (Å²) in [5.41, 5.74) is 0.670. The van der Waals surface area contributed by atoms with E-state index in [9.17, 15) is 21.6 Å². The molecule has 0 saturated carbocycles. The zero-order chi connectivity index (χ0) is 22.2. The summed E-state index contributed by atoms with van der Waals surface area (Å²) in [7, 11) is -8.84. The molecule has 1 amide bonds. The van der Waals surface area contributed by atoms with E-state index in [0.29, 0.717) is 16.6 Å². The SMILES string of the molecule is CCCCNC(=O)CN(OCc1ccccc1)S(=O)(=O)c1ccccc1S(N)(=O)=O. The fraction of sp³-hybridized carbons (Fsp3) is 0.316. The van der Waals surface area contributed by atoms with Crippen LogP contribution in [0.25, 0.3) is 0 Å². The smallest absolute Gasteiger partial charge is 0.266 e. The molecule has 0 aliphatic carbocycles. The van der Waals surface area contributed by atoms with Crippen molar-refractivity contribution in [3.8, 4) is 0 Å². The van der Waals surface area contributed by atoms with Gasteiger partial charge in [0.25, 0.3) is 10.0 Å². The van der Waals surface area contributed by atoms with Crippen molar-refractivity contribution in [1.82, 2.24) is 9.79 Å². The largest absolute Gasteiger partial charge is 0.355 e. The first kappa shape index (κ1) is 24.0. The number of hydrogen-bond donors (Lipinski definition) is 2. The summed E-state index contributed by atoms with van der Waals surface area (Å²) >= 11 is 0. The van der Waals surface area contributed by atoms with Crippen molar-refractivity contribution >= 4 is 26.0 Å². The minimum Gasteiger partial charge on any atom is -0.355 e. The molecule has 0 spiro atoms. The number of benzene rings is 2. The van der Waals surface area contributed by atoms with Crippen LogP contribution in [0.15, 0.2) is 64.4 Å². The van der Waals surface area contributed by atoms with Crippen molar-refractivity contribution in [2.75, 3.05) is 13.1 Å². The van der Waals surface area contributed by atoms with Gasteiger partial charge in [0.1, 0.15) is 16.3 Å². The second kappa shape index (κ2) is 10.6. The van der Waals surface area contributed by atoms with Gasteiger partial charge in [-0.05, 0) is 24.1 Å². The fourth-order valence-electron chi connectivity index (χ4n) is 2.51. The molecule has 3 N–H and O–H groups in total. The molecule has 9 nitrogen and oxygen atoms in total. The molecule has 2 aromatic rings. The number of hydrogen-bond acceptors (Lipinski definition) is 6. The molecule has 11 heteroatoms. The van der Waals surface area contributed by atoms with Gasteiger partial charge in [0.2, 0.25) is 15.9 Å². The molecule has 0 unspecified atom stereocenters. The molecule has 0 aromatic heterocycles. The Labute approximate surface area is 176 Å². The molecule has 0 fully saturated rings. The summed E-state index contributed by atoms with van der Waals surface area (Å²) in [5.74, 6) is -0.576. The Morgan fingerprint density at radius 2 is 1.60 bits per heavy atom. The van der Waals surface area contributed by atoms with Gasteiger partial charge in [0, 0.05) is 6.54 Å². The maximum absolute atomic E-state index is 13.2. The van der Waals surface area contributed by atoms with Crippen LogP contribution in [0, 0.1) is 0 Å². The van der Waals surface area contributed by atoms with E-state index < -0.39 is 42.3 Å². The molecule has 30 heavy (non-hydrogen) atoms. The van der Waals surface area contributed by atoms with Crippen LogP contribution < -0.4 is 10.5 Å². The second-order valence-corrected chi connectivity index (χ2v) is 9.75. The van der Waals surface area contributed by atoms with E-state index in [1.165, 1.54) is 12.1 Å². The Kier molecular flexibility index (Phi) is 8.50. The van der Waals surface area contributed by atoms with Crippen LogP contribution in [-0.4, -0.2) is 40.3 Å². The number of rotatable bonds is 11. The van der Waals surface area contributed by atoms with Gasteiger partial charge in [0.05, 0.1) is 6.61 Å². The molecule has 2 rings (SSSR count). The molecule has 0 heterocycles. The van der Waals surface area contributed by atoms with Gasteiger partial charge < -0.3 is 5.32 Å². The first-order valence-corrected chi connectivity index (χ1v) is 12.2. The zero-order valence-electron chi connectivity index (χ0n) is 16.5. The first-order valence-electron chi connectivity index (χ1n) is 9.24. The Morgan fingerprint density at radius 3 is 2.20 bits per heavy atom. The van der Waals surface area contributed by atoms with Crippen LogP contribution in [0.2, 0.25) is 0 Å². The van der Waals surface area contributed by atoms with Crippen molar-refractivity contribution < 1.29 is 26.5 Å². The molecule has 0 bridgehead atoms. The average molecular weight is 456 g/mol. The van der Waals surface area contributed by atoms with Crippen molar-refractivity contribution in [2.24, 2.45) is 5.14 Å². The van der Waals surface area contributed by atoms with Crippen molar-refractivity contribution in [3.63, 3.8) is 0 Å². The molecule has 0 aliphatic heterocycles. The Hall–Kier alpha value is -2.31. The van der Waals surface area contributed by atoms with Crippen molar-refractivity contribution in [2.45, 2.75) is 36.2 Å². The number of carbonyl (C=O) groups is 1. The summed E-state index contributed by atoms with van der Waals surface area (Å²) < 4.78 is 50.6. The normalized spacial score (nSPS) is 12.1. The number of sulfonamides is 2. The highest BCUT2D eigenvalue weighted by atomic mass is 32.2. The molecule has 0 saturated heterocycles. The van der Waals surface area contributed by atoms with E-state index in [-0.39, 0.29) is 6.61 Å². The minimum absolute atomic E-state index is 0.139. The Bertz CT molecular complexity index is 1060. The lowest BCUT2D eigenvalue weighted by Crippen LogP contribution is -2.41. The van der Waals surface area contributed by atoms with E-state index in [1.54, 1.807) is 30.3 Å². The summed E-state index contributed by atoms with van der Waals surface area (Å²) in [4.78, 5) is 16.6. The maximum Gasteiger partial charge on any atom is 0.266 e. The van der Waals surface area contributed by atoms with Crippen LogP contribution in [0.4, 0.5) is 0 Å². The van der Waals surface area contributed by atoms with E-state index >= 15 is 0 Å². The molecule has 164 valence electrons. The number of unbranched alkanes of at least 4 members (excludes halogenated alkanes) is 1. The predicted octanol–water partition coefficient (Wildman–Crippen LogP) is 1.37. The third-order valence-electron chi connectivity index (χ3n) is 4.04. The fourth-order valence-corrected chi connectivity index (χ4v) is 5.06. The zero-order valence-corrected chi connectivity index (χ0v) is 18.2. The highest BCUT2D eigenvalue weighted by Crippen LogP contribution is 2.24. The van der Waals surface area contributed by atoms with Gasteiger partial charge >= 0.3 is 0 Å². The Balaban J connectivity index is 2.35. The number of primary sulfonamides is 1. The van der Waals surface area contributed by atoms with Crippen LogP contribution in [-0.2, 0) is 36.3 Å². The van der Waals surface area contributed by atoms with Gasteiger partial charge in [-0.1, -0.05) is 60.3 Å². The van der Waals surface area contributed by atoms with E-state index in [1.807, 2.05) is 6.92 Å². The molecular formula is C19H25N3O6S2. The Morgan fingerprint density at radius 1 is 1.00 bits per heavy atom. The van der Waals surface area contributed by atoms with Crippen LogP contribution in [0.1, 0.15) is 25.3 Å². The second-order valence-electron chi connectivity index (χ2n) is 6.42. The summed E-state index contributed by atoms with van der Waals surface area (Å²) in [6.07, 6.45) is 1.59. The lowest BCUT2D eigenvalue weighted by atomic mass is 10.2. The van der Waals surface area contributed by atoms with Crippen LogP contribution in [0.5, 0.6) is 0 Å². The quantitative estimate of drug-likeness (QED) is 0.388. The van der Waals surface area contributed by atoms with Gasteiger partial charge in [-0.15, -0.1) is 0 Å². The number of nitrogens with two attached hydrogens (primary N) is 1. The third kappa shape index (κ3) is 6.61. The van der Waals surface area contributed by atoms with Crippen molar-refractivity contribution in [3.05, 3.63) is 60.2 Å². The highest BCUT2D eigenvalue weighted by Gasteiger charge is 2.32. The van der Waals surface area contributed by atoms with E-state index in [0.717, 1.165) is 25.0 Å². The summed E-state index contributed by atoms with van der Waals surface area (Å²) in [6, 6.07) is 13.7. The van der Waals surface area contributed by atoms with E-state index in [2.05, 4.69) is 5.32 Å². The molecular weight excluding hydrogens is 430 g/mol. The lowest BCUT2D eigenvalue weighted by Gasteiger charge is -2.22. The lowest BCUT2D eigenvalue weighted by molar-refractivity contribution is -0.136. The maximum atomic E-state index is 13.2. The molecule has 0 atom stereocenters. The number of nitrogens with one attached hydrogen (secondary N) is 1. The number of hydroxylamine groups is 1. The minimum atomic E-state index is -4.52. The third-order valence-corrected chi connectivity index (χ3v) is 6.83. The van der Waals surface area contributed by atoms with Crippen LogP contribution in [0.3, 0.4) is 0 Å². The standard InChI is InChI=1S/C19H25N3O6S2/c1-2-3-13-21-19(23)14-22(28-15-16-9-5-4-6-10-16)30(26,27)18-12-8-7-11-17(18)29(20,24)25/h4-12H,2-3,13-15H2,1H3,(H,21,23)(H2,20,24,25).